The highest BCUT2D eigenvalue weighted by Gasteiger charge is 2.33. The second-order valence-corrected chi connectivity index (χ2v) is 21.3. The SMILES string of the molecule is CC(C)(C)c1cc(P)c(C(C)(C)CCCCCCCCCCC(C)(C)c2c(P)cc(C(C)(C)C)cc2C(C)(C)C)c(C(C)(C)C)c1. The van der Waals surface area contributed by atoms with Gasteiger partial charge in [-0.25, -0.2) is 0 Å². The standard InChI is InChI=1S/C44H76P2/c1-39(2,3)31-27-33(41(7,8)9)37(35(45)29-31)43(13,14)25-23-21-19-17-18-20-22-24-26-44(15,16)38-34(42(10,11)12)28-32(30-36(38)46)40(4,5)6/h27-30H,17-26,45-46H2,1-16H3. The first-order valence-electron chi connectivity index (χ1n) is 18.6. The summed E-state index contributed by atoms with van der Waals surface area (Å²) in [5.74, 6) is 0. The van der Waals surface area contributed by atoms with E-state index in [0.717, 1.165) is 0 Å². The normalized spacial score (nSPS) is 13.9. The Morgan fingerprint density at radius 2 is 0.630 bits per heavy atom. The van der Waals surface area contributed by atoms with Crippen LogP contribution in [0.1, 0.15) is 208 Å². The molecule has 0 aliphatic carbocycles. The lowest BCUT2D eigenvalue weighted by Gasteiger charge is -2.36. The van der Waals surface area contributed by atoms with Crippen LogP contribution in [-0.4, -0.2) is 0 Å². The largest absolute Gasteiger partial charge is 0.105 e. The van der Waals surface area contributed by atoms with E-state index in [1.807, 2.05) is 0 Å². The maximum absolute atomic E-state index is 3.10. The maximum atomic E-state index is 3.10. The Balaban J connectivity index is 1.88. The highest BCUT2D eigenvalue weighted by Crippen LogP contribution is 2.41. The lowest BCUT2D eigenvalue weighted by molar-refractivity contribution is 0.423. The molecule has 0 aliphatic rings. The summed E-state index contributed by atoms with van der Waals surface area (Å²) in [6, 6.07) is 9.89. The van der Waals surface area contributed by atoms with Gasteiger partial charge in [-0.2, -0.15) is 0 Å². The fourth-order valence-electron chi connectivity index (χ4n) is 7.33. The minimum absolute atomic E-state index is 0.137. The van der Waals surface area contributed by atoms with Gasteiger partial charge < -0.3 is 0 Å². The fraction of sp³-hybridized carbons (Fsp3) is 0.727. The Morgan fingerprint density at radius 3 is 0.870 bits per heavy atom. The summed E-state index contributed by atoms with van der Waals surface area (Å²) in [7, 11) is 6.20. The number of hydrogen-bond acceptors (Lipinski definition) is 0. The summed E-state index contributed by atoms with van der Waals surface area (Å²) in [6.07, 6.45) is 13.4. The second kappa shape index (κ2) is 15.5. The van der Waals surface area contributed by atoms with Gasteiger partial charge >= 0.3 is 0 Å². The molecule has 0 aromatic heterocycles. The van der Waals surface area contributed by atoms with Crippen molar-refractivity contribution >= 4 is 29.1 Å². The Labute approximate surface area is 293 Å². The highest BCUT2D eigenvalue weighted by molar-refractivity contribution is 7.27. The first-order chi connectivity index (χ1) is 20.7. The average molecular weight is 667 g/mol. The number of unbranched alkanes of at least 4 members (excludes halogenated alkanes) is 7. The molecule has 0 radical (unpaired) electrons. The van der Waals surface area contributed by atoms with Gasteiger partial charge in [0, 0.05) is 0 Å². The van der Waals surface area contributed by atoms with Gasteiger partial charge in [-0.3, -0.25) is 0 Å². The summed E-state index contributed by atoms with van der Waals surface area (Å²) >= 11 is 0. The molecule has 262 valence electrons. The third-order valence-corrected chi connectivity index (χ3v) is 11.3. The monoisotopic (exact) mass is 667 g/mol. The molecule has 0 fully saturated rings. The molecule has 0 heterocycles. The lowest BCUT2D eigenvalue weighted by Crippen LogP contribution is -2.31. The van der Waals surface area contributed by atoms with Crippen molar-refractivity contribution in [3.63, 3.8) is 0 Å². The van der Waals surface area contributed by atoms with Gasteiger partial charge in [0.2, 0.25) is 0 Å². The van der Waals surface area contributed by atoms with E-state index in [2.05, 4.69) is 154 Å². The zero-order chi connectivity index (χ0) is 35.5. The molecule has 0 amide bonds. The molecule has 0 N–H and O–H groups in total. The number of benzene rings is 2. The van der Waals surface area contributed by atoms with Gasteiger partial charge in [0.15, 0.2) is 0 Å². The molecule has 2 rings (SSSR count). The van der Waals surface area contributed by atoms with Crippen molar-refractivity contribution in [2.45, 2.75) is 207 Å². The number of rotatable bonds is 13. The molecule has 46 heavy (non-hydrogen) atoms. The number of hydrogen-bond donors (Lipinski definition) is 0. The molecule has 0 saturated heterocycles. The van der Waals surface area contributed by atoms with E-state index >= 15 is 0 Å². The van der Waals surface area contributed by atoms with Crippen LogP contribution in [0.5, 0.6) is 0 Å². The van der Waals surface area contributed by atoms with Gasteiger partial charge in [-0.1, -0.05) is 186 Å². The van der Waals surface area contributed by atoms with E-state index in [4.69, 9.17) is 0 Å². The van der Waals surface area contributed by atoms with Crippen molar-refractivity contribution < 1.29 is 0 Å². The fourth-order valence-corrected chi connectivity index (χ4v) is 8.78. The van der Waals surface area contributed by atoms with Gasteiger partial charge in [0.05, 0.1) is 0 Å². The van der Waals surface area contributed by atoms with E-state index < -0.39 is 0 Å². The van der Waals surface area contributed by atoms with Crippen molar-refractivity contribution in [1.29, 1.82) is 0 Å². The van der Waals surface area contributed by atoms with E-state index in [-0.39, 0.29) is 32.5 Å². The third kappa shape index (κ3) is 11.4. The van der Waals surface area contributed by atoms with E-state index in [1.165, 1.54) is 97.1 Å². The lowest BCUT2D eigenvalue weighted by atomic mass is 9.70. The van der Waals surface area contributed by atoms with Crippen molar-refractivity contribution in [2.75, 3.05) is 0 Å². The first kappa shape index (κ1) is 41.5. The molecule has 0 spiro atoms. The van der Waals surface area contributed by atoms with E-state index in [1.54, 1.807) is 11.1 Å². The summed E-state index contributed by atoms with van der Waals surface area (Å²) in [4.78, 5) is 0. The third-order valence-electron chi connectivity index (χ3n) is 10.4. The Kier molecular flexibility index (Phi) is 13.9. The molecule has 2 aromatic rings. The molecule has 2 aromatic carbocycles. The molecular formula is C44H76P2. The molecule has 0 saturated carbocycles. The van der Waals surface area contributed by atoms with Crippen molar-refractivity contribution in [1.82, 2.24) is 0 Å². The van der Waals surface area contributed by atoms with Gasteiger partial charge in [-0.05, 0) is 89.3 Å². The molecule has 0 aliphatic heterocycles. The van der Waals surface area contributed by atoms with Crippen LogP contribution >= 0.6 is 18.5 Å². The van der Waals surface area contributed by atoms with E-state index in [9.17, 15) is 0 Å². The second-order valence-electron chi connectivity index (χ2n) is 20.1. The summed E-state index contributed by atoms with van der Waals surface area (Å²) in [5, 5.41) is 2.80. The average Bonchev–Trinajstić information content (AvgIpc) is 2.86. The molecule has 0 bridgehead atoms. The smallest absolute Gasteiger partial charge is 0.00945 e. The Bertz CT molecular complexity index is 1180. The van der Waals surface area contributed by atoms with Crippen LogP contribution in [0.4, 0.5) is 0 Å². The van der Waals surface area contributed by atoms with Crippen LogP contribution in [0, 0.1) is 0 Å². The zero-order valence-electron chi connectivity index (χ0n) is 33.5. The predicted octanol–water partition coefficient (Wildman–Crippen LogP) is 13.0. The van der Waals surface area contributed by atoms with Crippen LogP contribution in [0.15, 0.2) is 24.3 Å². The van der Waals surface area contributed by atoms with Crippen LogP contribution in [-0.2, 0) is 32.5 Å². The van der Waals surface area contributed by atoms with E-state index in [0.29, 0.717) is 0 Å². The van der Waals surface area contributed by atoms with Crippen LogP contribution in [0.2, 0.25) is 0 Å². The first-order valence-corrected chi connectivity index (χ1v) is 19.7. The zero-order valence-corrected chi connectivity index (χ0v) is 35.8. The molecule has 2 heteroatoms. The van der Waals surface area contributed by atoms with Crippen LogP contribution < -0.4 is 10.6 Å². The summed E-state index contributed by atoms with van der Waals surface area (Å²) in [6.45, 7) is 38.2. The predicted molar refractivity (Wildman–Crippen MR) is 219 cm³/mol. The van der Waals surface area contributed by atoms with Crippen molar-refractivity contribution in [3.8, 4) is 0 Å². The molecule has 2 atom stereocenters. The topological polar surface area (TPSA) is 0 Å². The minimum Gasteiger partial charge on any atom is -0.105 e. The maximum Gasteiger partial charge on any atom is -0.00945 e. The molecular weight excluding hydrogens is 590 g/mol. The quantitative estimate of drug-likeness (QED) is 0.147. The molecule has 2 unspecified atom stereocenters. The Morgan fingerprint density at radius 1 is 0.370 bits per heavy atom. The van der Waals surface area contributed by atoms with Crippen LogP contribution in [0.3, 0.4) is 0 Å². The van der Waals surface area contributed by atoms with Crippen molar-refractivity contribution in [3.05, 3.63) is 57.6 Å². The van der Waals surface area contributed by atoms with Crippen molar-refractivity contribution in [2.24, 2.45) is 0 Å². The summed E-state index contributed by atoms with van der Waals surface area (Å²) < 4.78 is 0. The summed E-state index contributed by atoms with van der Waals surface area (Å²) in [5.41, 5.74) is 10.0. The Hall–Kier alpha value is -0.700. The minimum atomic E-state index is 0.137. The van der Waals surface area contributed by atoms with Gasteiger partial charge in [-0.15, -0.1) is 18.5 Å². The molecule has 0 nitrogen and oxygen atoms in total. The van der Waals surface area contributed by atoms with Gasteiger partial charge in [0.1, 0.15) is 0 Å². The van der Waals surface area contributed by atoms with Crippen LogP contribution in [0.25, 0.3) is 0 Å². The highest BCUT2D eigenvalue weighted by atomic mass is 31.0. The van der Waals surface area contributed by atoms with Gasteiger partial charge in [0.25, 0.3) is 0 Å².